The molecular weight excluding hydrogens is 530 g/mol. The van der Waals surface area contributed by atoms with Crippen molar-refractivity contribution in [2.75, 3.05) is 11.5 Å². The Morgan fingerprint density at radius 1 is 1.08 bits per heavy atom. The molecule has 1 fully saturated rings. The standard InChI is InChI=1S/C30H25N3O4S2/c1-3-16-37-23-11-7-10-22(17-23)25-24(26(34)21-14-12-19(2)13-15-21)27(35)28(36)33(25)29-31-32-30(39-29)38-18-20-8-5-4-6-9-20/h3-15,17,25,34H,1,16,18H2,2H3. The lowest BCUT2D eigenvalue weighted by molar-refractivity contribution is -0.132. The highest BCUT2D eigenvalue weighted by Gasteiger charge is 2.48. The van der Waals surface area contributed by atoms with Crippen molar-refractivity contribution in [3.05, 3.63) is 119 Å². The van der Waals surface area contributed by atoms with Crippen molar-refractivity contribution in [3.63, 3.8) is 0 Å². The van der Waals surface area contributed by atoms with Crippen molar-refractivity contribution < 1.29 is 19.4 Å². The number of aliphatic hydroxyl groups excluding tert-OH is 1. The summed E-state index contributed by atoms with van der Waals surface area (Å²) in [5.41, 5.74) is 3.16. The lowest BCUT2D eigenvalue weighted by Crippen LogP contribution is -2.29. The summed E-state index contributed by atoms with van der Waals surface area (Å²) in [6.45, 7) is 5.91. The van der Waals surface area contributed by atoms with Crippen LogP contribution in [0.4, 0.5) is 5.13 Å². The van der Waals surface area contributed by atoms with Gasteiger partial charge in [-0.25, -0.2) is 0 Å². The molecule has 2 heterocycles. The highest BCUT2D eigenvalue weighted by atomic mass is 32.2. The van der Waals surface area contributed by atoms with Gasteiger partial charge in [-0.2, -0.15) is 0 Å². The van der Waals surface area contributed by atoms with Crippen LogP contribution in [0.2, 0.25) is 0 Å². The summed E-state index contributed by atoms with van der Waals surface area (Å²) in [6, 6.07) is 23.3. The molecule has 7 nitrogen and oxygen atoms in total. The minimum absolute atomic E-state index is 0.0154. The molecule has 1 unspecified atom stereocenters. The van der Waals surface area contributed by atoms with Crippen LogP contribution in [0.25, 0.3) is 5.76 Å². The van der Waals surface area contributed by atoms with Crippen LogP contribution < -0.4 is 9.64 Å². The number of thioether (sulfide) groups is 1. The quantitative estimate of drug-likeness (QED) is 0.0644. The normalized spacial score (nSPS) is 16.4. The summed E-state index contributed by atoms with van der Waals surface area (Å²) in [7, 11) is 0. The first-order valence-electron chi connectivity index (χ1n) is 12.2. The molecule has 4 aromatic rings. The summed E-state index contributed by atoms with van der Waals surface area (Å²) >= 11 is 2.73. The lowest BCUT2D eigenvalue weighted by atomic mass is 9.95. The van der Waals surface area contributed by atoms with Gasteiger partial charge < -0.3 is 9.84 Å². The second kappa shape index (κ2) is 11.7. The van der Waals surface area contributed by atoms with E-state index in [0.717, 1.165) is 11.1 Å². The van der Waals surface area contributed by atoms with Gasteiger partial charge >= 0.3 is 5.91 Å². The maximum Gasteiger partial charge on any atom is 0.301 e. The van der Waals surface area contributed by atoms with Crippen LogP contribution in [-0.4, -0.2) is 33.6 Å². The van der Waals surface area contributed by atoms with E-state index in [4.69, 9.17) is 4.74 Å². The Hall–Kier alpha value is -4.21. The van der Waals surface area contributed by atoms with Crippen LogP contribution in [-0.2, 0) is 15.3 Å². The van der Waals surface area contributed by atoms with E-state index < -0.39 is 17.7 Å². The molecule has 5 rings (SSSR count). The predicted octanol–water partition coefficient (Wildman–Crippen LogP) is 6.33. The fraction of sp³-hybridized carbons (Fsp3) is 0.133. The van der Waals surface area contributed by atoms with E-state index in [0.29, 0.717) is 33.6 Å². The van der Waals surface area contributed by atoms with E-state index in [2.05, 4.69) is 16.8 Å². The van der Waals surface area contributed by atoms with Gasteiger partial charge in [-0.1, -0.05) is 108 Å². The van der Waals surface area contributed by atoms with E-state index in [1.807, 2.05) is 49.4 Å². The molecule has 0 saturated carbocycles. The zero-order valence-corrected chi connectivity index (χ0v) is 22.7. The average Bonchev–Trinajstić information content (AvgIpc) is 3.53. The summed E-state index contributed by atoms with van der Waals surface area (Å²) < 4.78 is 6.37. The Morgan fingerprint density at radius 2 is 1.85 bits per heavy atom. The number of carbonyl (C=O) groups is 2. The van der Waals surface area contributed by atoms with E-state index in [9.17, 15) is 14.7 Å². The fourth-order valence-corrected chi connectivity index (χ4v) is 6.04. The Bertz CT molecular complexity index is 1550. The Labute approximate surface area is 234 Å². The van der Waals surface area contributed by atoms with Gasteiger partial charge in [-0.3, -0.25) is 14.5 Å². The number of Topliss-reactive ketones (excluding diaryl/α,β-unsaturated/α-hetero) is 1. The Morgan fingerprint density at radius 3 is 2.59 bits per heavy atom. The van der Waals surface area contributed by atoms with Crippen LogP contribution in [0, 0.1) is 6.92 Å². The van der Waals surface area contributed by atoms with Gasteiger partial charge in [0.05, 0.1) is 11.6 Å². The molecule has 1 aromatic heterocycles. The molecular formula is C30H25N3O4S2. The minimum Gasteiger partial charge on any atom is -0.507 e. The number of aliphatic hydroxyl groups is 1. The molecule has 9 heteroatoms. The van der Waals surface area contributed by atoms with Gasteiger partial charge in [-0.05, 0) is 30.2 Å². The number of aryl methyl sites for hydroxylation is 1. The number of rotatable bonds is 9. The summed E-state index contributed by atoms with van der Waals surface area (Å²) in [4.78, 5) is 28.2. The number of hydrogen-bond donors (Lipinski definition) is 1. The first kappa shape index (κ1) is 26.4. The van der Waals surface area contributed by atoms with Crippen LogP contribution >= 0.6 is 23.1 Å². The number of nitrogens with zero attached hydrogens (tertiary/aromatic N) is 3. The number of ether oxygens (including phenoxy) is 1. The Balaban J connectivity index is 1.56. The first-order valence-corrected chi connectivity index (χ1v) is 14.0. The van der Waals surface area contributed by atoms with Gasteiger partial charge in [0.25, 0.3) is 5.78 Å². The molecule has 1 N–H and O–H groups in total. The third-order valence-corrected chi connectivity index (χ3v) is 8.25. The van der Waals surface area contributed by atoms with Gasteiger partial charge in [0, 0.05) is 11.3 Å². The van der Waals surface area contributed by atoms with Crippen molar-refractivity contribution >= 4 is 45.7 Å². The van der Waals surface area contributed by atoms with Crippen molar-refractivity contribution in [1.82, 2.24) is 10.2 Å². The topological polar surface area (TPSA) is 92.6 Å². The first-order chi connectivity index (χ1) is 19.0. The van der Waals surface area contributed by atoms with Crippen molar-refractivity contribution in [2.45, 2.75) is 23.1 Å². The van der Waals surface area contributed by atoms with Crippen LogP contribution in [0.5, 0.6) is 5.75 Å². The lowest BCUT2D eigenvalue weighted by Gasteiger charge is -2.23. The van der Waals surface area contributed by atoms with Crippen molar-refractivity contribution in [3.8, 4) is 5.75 Å². The second-order valence-corrected chi connectivity index (χ2v) is 11.0. The number of ketones is 1. The molecule has 196 valence electrons. The number of hydrogen-bond acceptors (Lipinski definition) is 8. The second-order valence-electron chi connectivity index (χ2n) is 8.83. The number of aromatic nitrogens is 2. The number of anilines is 1. The maximum absolute atomic E-state index is 13.5. The third kappa shape index (κ3) is 5.64. The molecule has 0 bridgehead atoms. The minimum atomic E-state index is -0.918. The van der Waals surface area contributed by atoms with Crippen molar-refractivity contribution in [1.29, 1.82) is 0 Å². The monoisotopic (exact) mass is 555 g/mol. The predicted molar refractivity (Wildman–Crippen MR) is 154 cm³/mol. The molecule has 0 aliphatic carbocycles. The summed E-state index contributed by atoms with van der Waals surface area (Å²) in [5.74, 6) is -0.578. The number of carbonyl (C=O) groups excluding carboxylic acids is 2. The van der Waals surface area contributed by atoms with E-state index in [1.165, 1.54) is 28.0 Å². The smallest absolute Gasteiger partial charge is 0.301 e. The van der Waals surface area contributed by atoms with Crippen molar-refractivity contribution in [2.24, 2.45) is 0 Å². The maximum atomic E-state index is 13.5. The molecule has 39 heavy (non-hydrogen) atoms. The Kier molecular flexibility index (Phi) is 7.90. The van der Waals surface area contributed by atoms with E-state index in [1.54, 1.807) is 42.5 Å². The molecule has 0 spiro atoms. The highest BCUT2D eigenvalue weighted by molar-refractivity contribution is 8.00. The van der Waals surface area contributed by atoms with Gasteiger partial charge in [-0.15, -0.1) is 10.2 Å². The summed E-state index contributed by atoms with van der Waals surface area (Å²) in [6.07, 6.45) is 1.63. The molecule has 0 radical (unpaired) electrons. The number of amides is 1. The average molecular weight is 556 g/mol. The van der Waals surface area contributed by atoms with Gasteiger partial charge in [0.2, 0.25) is 5.13 Å². The molecule has 3 aromatic carbocycles. The summed E-state index contributed by atoms with van der Waals surface area (Å²) in [5, 5.41) is 20.1. The largest absolute Gasteiger partial charge is 0.507 e. The SMILES string of the molecule is C=CCOc1cccc(C2C(=C(O)c3ccc(C)cc3)C(=O)C(=O)N2c2nnc(SCc3ccccc3)s2)c1. The van der Waals surface area contributed by atoms with Crippen LogP contribution in [0.1, 0.15) is 28.3 Å². The van der Waals surface area contributed by atoms with E-state index >= 15 is 0 Å². The third-order valence-electron chi connectivity index (χ3n) is 6.12. The van der Waals surface area contributed by atoms with E-state index in [-0.39, 0.29) is 16.5 Å². The zero-order chi connectivity index (χ0) is 27.4. The van der Waals surface area contributed by atoms with Gasteiger partial charge in [0.1, 0.15) is 18.1 Å². The van der Waals surface area contributed by atoms with Crippen LogP contribution in [0.3, 0.4) is 0 Å². The highest BCUT2D eigenvalue weighted by Crippen LogP contribution is 2.44. The number of benzene rings is 3. The fourth-order valence-electron chi connectivity index (χ4n) is 4.22. The molecule has 1 saturated heterocycles. The molecule has 1 atom stereocenters. The molecule has 1 aliphatic heterocycles. The molecule has 1 aliphatic rings. The van der Waals surface area contributed by atoms with Gasteiger partial charge in [0.15, 0.2) is 4.34 Å². The molecule has 1 amide bonds. The van der Waals surface area contributed by atoms with Crippen LogP contribution in [0.15, 0.2) is 101 Å². The zero-order valence-electron chi connectivity index (χ0n) is 21.1.